The molecule has 2 heterocycles. The summed E-state index contributed by atoms with van der Waals surface area (Å²) in [6.07, 6.45) is -2.09. The minimum Gasteiger partial charge on any atom is -0.393 e. The van der Waals surface area contributed by atoms with Gasteiger partial charge in [0.25, 0.3) is 0 Å². The van der Waals surface area contributed by atoms with E-state index in [1.165, 1.54) is 17.7 Å². The highest BCUT2D eigenvalue weighted by molar-refractivity contribution is 5.58. The molecule has 7 nitrogen and oxygen atoms in total. The van der Waals surface area contributed by atoms with E-state index in [1.54, 1.807) is 24.3 Å². The second kappa shape index (κ2) is 6.71. The van der Waals surface area contributed by atoms with Crippen LogP contribution in [0.1, 0.15) is 17.0 Å². The number of halogens is 3. The summed E-state index contributed by atoms with van der Waals surface area (Å²) in [6.45, 7) is 0. The van der Waals surface area contributed by atoms with Crippen molar-refractivity contribution in [3.63, 3.8) is 0 Å². The van der Waals surface area contributed by atoms with Gasteiger partial charge in [0, 0.05) is 30.9 Å². The van der Waals surface area contributed by atoms with Gasteiger partial charge in [-0.15, -0.1) is 0 Å². The molecule has 0 amide bonds. The van der Waals surface area contributed by atoms with Gasteiger partial charge in [0.2, 0.25) is 0 Å². The molecule has 0 aliphatic carbocycles. The minimum atomic E-state index is -4.50. The number of nitrogens with two attached hydrogens (primary N) is 1. The van der Waals surface area contributed by atoms with Crippen LogP contribution >= 0.6 is 0 Å². The number of nitrogens with zero attached hydrogens (tertiary/aromatic N) is 4. The van der Waals surface area contributed by atoms with Gasteiger partial charge >= 0.3 is 11.9 Å². The third kappa shape index (κ3) is 3.89. The van der Waals surface area contributed by atoms with Crippen LogP contribution in [0.4, 0.5) is 24.5 Å². The molecule has 0 unspecified atom stereocenters. The van der Waals surface area contributed by atoms with E-state index in [4.69, 9.17) is 5.73 Å². The third-order valence-electron chi connectivity index (χ3n) is 3.93. The SMILES string of the molecule is Cn1cc(C(F)(F)F)nc1-c1ccc(Cc2cc(N)c([N+](=O)[O-])cn2)cc1. The number of alkyl halides is 3. The van der Waals surface area contributed by atoms with Crippen molar-refractivity contribution in [2.24, 2.45) is 7.05 Å². The number of hydrogen-bond donors (Lipinski definition) is 1. The topological polar surface area (TPSA) is 99.9 Å². The van der Waals surface area contributed by atoms with Crippen molar-refractivity contribution < 1.29 is 18.1 Å². The fourth-order valence-corrected chi connectivity index (χ4v) is 2.61. The third-order valence-corrected chi connectivity index (χ3v) is 3.93. The van der Waals surface area contributed by atoms with Crippen LogP contribution < -0.4 is 5.73 Å². The monoisotopic (exact) mass is 377 g/mol. The lowest BCUT2D eigenvalue weighted by molar-refractivity contribution is -0.384. The number of benzene rings is 1. The molecule has 0 atom stereocenters. The Kier molecular flexibility index (Phi) is 4.56. The summed E-state index contributed by atoms with van der Waals surface area (Å²) in [6, 6.07) is 8.21. The van der Waals surface area contributed by atoms with Gasteiger partial charge in [-0.2, -0.15) is 13.2 Å². The zero-order valence-electron chi connectivity index (χ0n) is 14.1. The highest BCUT2D eigenvalue weighted by Crippen LogP contribution is 2.30. The van der Waals surface area contributed by atoms with Gasteiger partial charge in [0.05, 0.1) is 4.92 Å². The molecule has 2 N–H and O–H groups in total. The lowest BCUT2D eigenvalue weighted by Crippen LogP contribution is -2.04. The van der Waals surface area contributed by atoms with Gasteiger partial charge in [-0.25, -0.2) is 4.98 Å². The van der Waals surface area contributed by atoms with E-state index in [2.05, 4.69) is 9.97 Å². The van der Waals surface area contributed by atoms with Crippen LogP contribution in [0.15, 0.2) is 42.7 Å². The average molecular weight is 377 g/mol. The Morgan fingerprint density at radius 2 is 1.93 bits per heavy atom. The molecule has 3 aromatic rings. The van der Waals surface area contributed by atoms with Gasteiger partial charge in [0.15, 0.2) is 5.69 Å². The first-order valence-corrected chi connectivity index (χ1v) is 7.74. The van der Waals surface area contributed by atoms with Crippen LogP contribution in [0.5, 0.6) is 0 Å². The Bertz CT molecular complexity index is 997. The van der Waals surface area contributed by atoms with E-state index >= 15 is 0 Å². The summed E-state index contributed by atoms with van der Waals surface area (Å²) >= 11 is 0. The molecule has 27 heavy (non-hydrogen) atoms. The van der Waals surface area contributed by atoms with Gasteiger partial charge < -0.3 is 10.3 Å². The molecule has 0 saturated carbocycles. The maximum absolute atomic E-state index is 12.8. The number of rotatable bonds is 4. The molecule has 3 rings (SSSR count). The zero-order valence-corrected chi connectivity index (χ0v) is 14.1. The maximum Gasteiger partial charge on any atom is 0.434 e. The van der Waals surface area contributed by atoms with Crippen molar-refractivity contribution in [1.29, 1.82) is 0 Å². The molecule has 0 bridgehead atoms. The molecule has 0 fully saturated rings. The minimum absolute atomic E-state index is 0.0225. The molecule has 0 aliphatic heterocycles. The van der Waals surface area contributed by atoms with Gasteiger partial charge in [0.1, 0.15) is 17.7 Å². The number of nitrogen functional groups attached to an aromatic ring is 1. The second-order valence-electron chi connectivity index (χ2n) is 5.92. The summed E-state index contributed by atoms with van der Waals surface area (Å²) < 4.78 is 39.7. The van der Waals surface area contributed by atoms with Crippen LogP contribution in [0.3, 0.4) is 0 Å². The largest absolute Gasteiger partial charge is 0.434 e. The number of aromatic nitrogens is 3. The summed E-state index contributed by atoms with van der Waals surface area (Å²) in [7, 11) is 1.50. The smallest absolute Gasteiger partial charge is 0.393 e. The summed E-state index contributed by atoms with van der Waals surface area (Å²) in [4.78, 5) is 17.8. The van der Waals surface area contributed by atoms with Gasteiger partial charge in [-0.1, -0.05) is 24.3 Å². The molecule has 0 aliphatic rings. The Morgan fingerprint density at radius 1 is 1.26 bits per heavy atom. The van der Waals surface area contributed by atoms with Crippen molar-refractivity contribution >= 4 is 11.4 Å². The van der Waals surface area contributed by atoms with Crippen molar-refractivity contribution in [3.05, 3.63) is 69.8 Å². The quantitative estimate of drug-likeness (QED) is 0.553. The molecule has 140 valence electrons. The predicted molar refractivity (Wildman–Crippen MR) is 91.8 cm³/mol. The molecule has 2 aromatic heterocycles. The summed E-state index contributed by atoms with van der Waals surface area (Å²) in [5.41, 5.74) is 6.36. The Hall–Kier alpha value is -3.43. The van der Waals surface area contributed by atoms with Crippen LogP contribution in [0.2, 0.25) is 0 Å². The van der Waals surface area contributed by atoms with Gasteiger partial charge in [-0.05, 0) is 11.6 Å². The number of nitro groups is 1. The highest BCUT2D eigenvalue weighted by atomic mass is 19.4. The predicted octanol–water partition coefficient (Wildman–Crippen LogP) is 3.58. The fraction of sp³-hybridized carbons (Fsp3) is 0.176. The highest BCUT2D eigenvalue weighted by Gasteiger charge is 2.34. The van der Waals surface area contributed by atoms with E-state index in [1.807, 2.05) is 0 Å². The van der Waals surface area contributed by atoms with Crippen LogP contribution in [0.25, 0.3) is 11.4 Å². The average Bonchev–Trinajstić information content (AvgIpc) is 2.97. The Labute approximate surface area is 151 Å². The van der Waals surface area contributed by atoms with Gasteiger partial charge in [-0.3, -0.25) is 15.1 Å². The molecule has 10 heteroatoms. The standard InChI is InChI=1S/C17H14F3N5O2/c1-24-9-15(17(18,19)20)23-16(24)11-4-2-10(3-5-11)6-12-7-13(21)14(8-22-12)25(26)27/h2-5,7-9H,6H2,1H3,(H2,21,22). The molecule has 0 radical (unpaired) electrons. The number of imidazole rings is 1. The number of hydrogen-bond acceptors (Lipinski definition) is 5. The fourth-order valence-electron chi connectivity index (χ4n) is 2.61. The normalized spacial score (nSPS) is 11.6. The maximum atomic E-state index is 12.8. The van der Waals surface area contributed by atoms with Crippen molar-refractivity contribution in [2.45, 2.75) is 12.6 Å². The second-order valence-corrected chi connectivity index (χ2v) is 5.92. The molecular formula is C17H14F3N5O2. The molecule has 1 aromatic carbocycles. The Morgan fingerprint density at radius 3 is 2.44 bits per heavy atom. The molecular weight excluding hydrogens is 363 g/mol. The first-order valence-electron chi connectivity index (χ1n) is 7.74. The molecule has 0 spiro atoms. The first-order chi connectivity index (χ1) is 12.6. The van der Waals surface area contributed by atoms with E-state index < -0.39 is 16.8 Å². The summed E-state index contributed by atoms with van der Waals surface area (Å²) in [5.74, 6) is 0.201. The van der Waals surface area contributed by atoms with Crippen molar-refractivity contribution in [3.8, 4) is 11.4 Å². The number of pyridine rings is 1. The van der Waals surface area contributed by atoms with E-state index in [0.29, 0.717) is 17.7 Å². The Balaban J connectivity index is 1.81. The number of aryl methyl sites for hydroxylation is 1. The van der Waals surface area contributed by atoms with E-state index in [0.717, 1.165) is 18.0 Å². The number of anilines is 1. The van der Waals surface area contributed by atoms with Crippen LogP contribution in [0, 0.1) is 10.1 Å². The van der Waals surface area contributed by atoms with Crippen LogP contribution in [-0.4, -0.2) is 19.5 Å². The van der Waals surface area contributed by atoms with Crippen molar-refractivity contribution in [1.82, 2.24) is 14.5 Å². The molecule has 0 saturated heterocycles. The van der Waals surface area contributed by atoms with Crippen molar-refractivity contribution in [2.75, 3.05) is 5.73 Å². The van der Waals surface area contributed by atoms with E-state index in [-0.39, 0.29) is 17.2 Å². The zero-order chi connectivity index (χ0) is 19.8. The first kappa shape index (κ1) is 18.4. The lowest BCUT2D eigenvalue weighted by Gasteiger charge is -2.05. The van der Waals surface area contributed by atoms with E-state index in [9.17, 15) is 23.3 Å². The van der Waals surface area contributed by atoms with Crippen LogP contribution in [-0.2, 0) is 19.6 Å². The summed E-state index contributed by atoms with van der Waals surface area (Å²) in [5, 5.41) is 10.8. The lowest BCUT2D eigenvalue weighted by atomic mass is 10.1.